The number of carbonyl (C=O) groups is 2. The van der Waals surface area contributed by atoms with E-state index in [2.05, 4.69) is 13.0 Å². The number of hydrogen-bond acceptors (Lipinski definition) is 3. The van der Waals surface area contributed by atoms with Crippen molar-refractivity contribution in [2.45, 2.75) is 19.4 Å². The lowest BCUT2D eigenvalue weighted by molar-refractivity contribution is -0.119. The molecule has 1 heterocycles. The third-order valence-corrected chi connectivity index (χ3v) is 4.66. The zero-order chi connectivity index (χ0) is 18.0. The summed E-state index contributed by atoms with van der Waals surface area (Å²) in [4.78, 5) is 25.7. The molecule has 0 bridgehead atoms. The summed E-state index contributed by atoms with van der Waals surface area (Å²) < 4.78 is 5.38. The Hall–Kier alpha value is -2.53. The van der Waals surface area contributed by atoms with Crippen molar-refractivity contribution in [3.8, 4) is 5.75 Å². The molecule has 5 nitrogen and oxygen atoms in total. The van der Waals surface area contributed by atoms with Gasteiger partial charge in [-0.3, -0.25) is 9.59 Å². The Morgan fingerprint density at radius 1 is 1.24 bits per heavy atom. The van der Waals surface area contributed by atoms with Gasteiger partial charge in [0.25, 0.3) is 11.8 Å². The highest BCUT2D eigenvalue weighted by Crippen LogP contribution is 2.34. The molecular weight excluding hydrogens is 340 g/mol. The van der Waals surface area contributed by atoms with Gasteiger partial charge in [-0.25, -0.2) is 0 Å². The predicted molar refractivity (Wildman–Crippen MR) is 95.7 cm³/mol. The van der Waals surface area contributed by atoms with Crippen molar-refractivity contribution in [1.29, 1.82) is 0 Å². The zero-order valence-corrected chi connectivity index (χ0v) is 14.6. The molecule has 0 aromatic heterocycles. The second-order valence-electron chi connectivity index (χ2n) is 6.15. The number of fused-ring (bicyclic) bond motifs is 1. The minimum atomic E-state index is -0.588. The maximum absolute atomic E-state index is 13.0. The summed E-state index contributed by atoms with van der Waals surface area (Å²) in [5, 5.41) is 0.667. The van der Waals surface area contributed by atoms with E-state index in [9.17, 15) is 9.59 Å². The van der Waals surface area contributed by atoms with Crippen LogP contribution in [-0.4, -0.2) is 29.9 Å². The van der Waals surface area contributed by atoms with Gasteiger partial charge in [0.1, 0.15) is 5.75 Å². The van der Waals surface area contributed by atoms with Crippen molar-refractivity contribution in [2.24, 2.45) is 5.73 Å². The van der Waals surface area contributed by atoms with E-state index in [1.54, 1.807) is 29.2 Å². The van der Waals surface area contributed by atoms with E-state index in [1.165, 1.54) is 5.56 Å². The first-order valence-electron chi connectivity index (χ1n) is 8.04. The third kappa shape index (κ3) is 3.61. The lowest BCUT2D eigenvalue weighted by Crippen LogP contribution is -2.38. The first kappa shape index (κ1) is 17.3. The number of para-hydroxylation sites is 1. The van der Waals surface area contributed by atoms with E-state index in [-0.39, 0.29) is 18.4 Å². The fourth-order valence-corrected chi connectivity index (χ4v) is 3.37. The molecule has 0 saturated heterocycles. The molecule has 0 spiro atoms. The Morgan fingerprint density at radius 2 is 2.00 bits per heavy atom. The highest BCUT2D eigenvalue weighted by Gasteiger charge is 2.28. The standard InChI is InChI=1S/C19H19ClN2O3/c1-12-9-22(10-15-13(12)6-4-7-16(15)20)19(24)14-5-2-3-8-17(14)25-11-18(21)23/h2-8,12H,9-11H2,1H3,(H2,21,23). The molecule has 25 heavy (non-hydrogen) atoms. The summed E-state index contributed by atoms with van der Waals surface area (Å²) in [6, 6.07) is 12.7. The molecule has 0 fully saturated rings. The molecule has 0 radical (unpaired) electrons. The van der Waals surface area contributed by atoms with Crippen molar-refractivity contribution in [2.75, 3.05) is 13.2 Å². The molecule has 130 valence electrons. The smallest absolute Gasteiger partial charge is 0.257 e. The Labute approximate surface area is 151 Å². The Morgan fingerprint density at radius 3 is 2.76 bits per heavy atom. The maximum atomic E-state index is 13.0. The largest absolute Gasteiger partial charge is 0.483 e. The normalized spacial score (nSPS) is 16.2. The van der Waals surface area contributed by atoms with E-state index < -0.39 is 5.91 Å². The topological polar surface area (TPSA) is 72.6 Å². The molecule has 2 aromatic carbocycles. The van der Waals surface area contributed by atoms with Crippen LogP contribution in [0.3, 0.4) is 0 Å². The van der Waals surface area contributed by atoms with Crippen LogP contribution < -0.4 is 10.5 Å². The molecule has 2 N–H and O–H groups in total. The number of nitrogens with two attached hydrogens (primary N) is 1. The van der Waals surface area contributed by atoms with Gasteiger partial charge in [-0.2, -0.15) is 0 Å². The van der Waals surface area contributed by atoms with Crippen LogP contribution in [0, 0.1) is 0 Å². The molecule has 1 atom stereocenters. The van der Waals surface area contributed by atoms with Gasteiger partial charge in [0, 0.05) is 18.1 Å². The number of nitrogens with zero attached hydrogens (tertiary/aromatic N) is 1. The number of primary amides is 1. The average molecular weight is 359 g/mol. The molecule has 1 aliphatic heterocycles. The van der Waals surface area contributed by atoms with Crippen LogP contribution in [0.2, 0.25) is 5.02 Å². The molecule has 2 aromatic rings. The van der Waals surface area contributed by atoms with Gasteiger partial charge in [-0.15, -0.1) is 0 Å². The summed E-state index contributed by atoms with van der Waals surface area (Å²) in [6.07, 6.45) is 0. The van der Waals surface area contributed by atoms with Crippen LogP contribution >= 0.6 is 11.6 Å². The zero-order valence-electron chi connectivity index (χ0n) is 13.9. The second-order valence-corrected chi connectivity index (χ2v) is 6.55. The summed E-state index contributed by atoms with van der Waals surface area (Å²) in [7, 11) is 0. The lowest BCUT2D eigenvalue weighted by atomic mass is 9.90. The highest BCUT2D eigenvalue weighted by atomic mass is 35.5. The van der Waals surface area contributed by atoms with E-state index in [4.69, 9.17) is 22.1 Å². The van der Waals surface area contributed by atoms with Crippen LogP contribution in [0.1, 0.15) is 34.3 Å². The van der Waals surface area contributed by atoms with Crippen LogP contribution in [0.25, 0.3) is 0 Å². The fraction of sp³-hybridized carbons (Fsp3) is 0.263. The first-order chi connectivity index (χ1) is 12.0. The minimum absolute atomic E-state index is 0.155. The van der Waals surface area contributed by atoms with Crippen molar-refractivity contribution < 1.29 is 14.3 Å². The molecule has 1 unspecified atom stereocenters. The van der Waals surface area contributed by atoms with Gasteiger partial charge in [-0.05, 0) is 35.2 Å². The third-order valence-electron chi connectivity index (χ3n) is 4.30. The van der Waals surface area contributed by atoms with Gasteiger partial charge in [0.05, 0.1) is 5.56 Å². The van der Waals surface area contributed by atoms with Crippen molar-refractivity contribution >= 4 is 23.4 Å². The van der Waals surface area contributed by atoms with Crippen LogP contribution in [0.5, 0.6) is 5.75 Å². The number of hydrogen-bond donors (Lipinski definition) is 1. The van der Waals surface area contributed by atoms with Gasteiger partial charge in [0.2, 0.25) is 0 Å². The van der Waals surface area contributed by atoms with E-state index >= 15 is 0 Å². The summed E-state index contributed by atoms with van der Waals surface area (Å²) in [5.74, 6) is -0.207. The molecule has 3 rings (SSSR count). The molecule has 6 heteroatoms. The predicted octanol–water partition coefficient (Wildman–Crippen LogP) is 2.96. The lowest BCUT2D eigenvalue weighted by Gasteiger charge is -2.34. The van der Waals surface area contributed by atoms with Crippen molar-refractivity contribution in [3.05, 3.63) is 64.2 Å². The molecular formula is C19H19ClN2O3. The highest BCUT2D eigenvalue weighted by molar-refractivity contribution is 6.31. The Bertz CT molecular complexity index is 822. The van der Waals surface area contributed by atoms with Crippen LogP contribution in [-0.2, 0) is 11.3 Å². The van der Waals surface area contributed by atoms with Gasteiger partial charge in [-0.1, -0.05) is 42.8 Å². The molecule has 0 saturated carbocycles. The second kappa shape index (κ2) is 7.15. The van der Waals surface area contributed by atoms with Crippen LogP contribution in [0.15, 0.2) is 42.5 Å². The summed E-state index contributed by atoms with van der Waals surface area (Å²) in [6.45, 7) is 2.85. The Balaban J connectivity index is 1.87. The van der Waals surface area contributed by atoms with Gasteiger partial charge < -0.3 is 15.4 Å². The minimum Gasteiger partial charge on any atom is -0.483 e. The number of carbonyl (C=O) groups excluding carboxylic acids is 2. The van der Waals surface area contributed by atoms with Gasteiger partial charge >= 0.3 is 0 Å². The maximum Gasteiger partial charge on any atom is 0.257 e. The quantitative estimate of drug-likeness (QED) is 0.913. The van der Waals surface area contributed by atoms with Gasteiger partial charge in [0.15, 0.2) is 6.61 Å². The van der Waals surface area contributed by atoms with E-state index in [0.29, 0.717) is 29.4 Å². The number of rotatable bonds is 4. The van der Waals surface area contributed by atoms with Crippen molar-refractivity contribution in [1.82, 2.24) is 4.90 Å². The number of ether oxygens (including phenoxy) is 1. The summed E-state index contributed by atoms with van der Waals surface area (Å²) in [5.41, 5.74) is 7.69. The Kier molecular flexibility index (Phi) is 4.95. The van der Waals surface area contributed by atoms with E-state index in [1.807, 2.05) is 12.1 Å². The fourth-order valence-electron chi connectivity index (χ4n) is 3.13. The number of halogens is 1. The average Bonchev–Trinajstić information content (AvgIpc) is 2.60. The van der Waals surface area contributed by atoms with E-state index in [0.717, 1.165) is 5.56 Å². The number of amides is 2. The molecule has 0 aliphatic carbocycles. The molecule has 1 aliphatic rings. The first-order valence-corrected chi connectivity index (χ1v) is 8.42. The van der Waals surface area contributed by atoms with Crippen LogP contribution in [0.4, 0.5) is 0 Å². The molecule has 2 amide bonds. The van der Waals surface area contributed by atoms with Crippen molar-refractivity contribution in [3.63, 3.8) is 0 Å². The summed E-state index contributed by atoms with van der Waals surface area (Å²) >= 11 is 6.33. The monoisotopic (exact) mass is 358 g/mol. The number of benzene rings is 2. The SMILES string of the molecule is CC1CN(C(=O)c2ccccc2OCC(N)=O)Cc2c(Cl)cccc21.